The zero-order valence-corrected chi connectivity index (χ0v) is 24.6. The van der Waals surface area contributed by atoms with Crippen LogP contribution in [0.15, 0.2) is 70.4 Å². The first-order valence-electron chi connectivity index (χ1n) is 14.1. The van der Waals surface area contributed by atoms with Crippen LogP contribution in [0.2, 0.25) is 0 Å². The van der Waals surface area contributed by atoms with Crippen molar-refractivity contribution in [2.24, 2.45) is 11.8 Å². The van der Waals surface area contributed by atoms with Gasteiger partial charge in [0, 0.05) is 0 Å². The van der Waals surface area contributed by atoms with Crippen LogP contribution >= 0.6 is 0 Å². The van der Waals surface area contributed by atoms with Crippen molar-refractivity contribution < 1.29 is 9.53 Å². The second kappa shape index (κ2) is 18.2. The molecule has 0 heterocycles. The Balaban J connectivity index is 2.57. The molecular weight excluding hydrogens is 440 g/mol. The van der Waals surface area contributed by atoms with Gasteiger partial charge in [-0.15, -0.1) is 0 Å². The van der Waals surface area contributed by atoms with E-state index < -0.39 is 0 Å². The van der Waals surface area contributed by atoms with Crippen LogP contribution in [0.4, 0.5) is 0 Å². The Morgan fingerprint density at radius 3 is 1.97 bits per heavy atom. The maximum atomic E-state index is 12.4. The van der Waals surface area contributed by atoms with Crippen LogP contribution in [-0.2, 0) is 9.53 Å². The molecule has 0 bridgehead atoms. The summed E-state index contributed by atoms with van der Waals surface area (Å²) in [5, 5.41) is 0. The number of carbonyl (C=O) groups is 1. The van der Waals surface area contributed by atoms with Gasteiger partial charge in [-0.3, -0.25) is 4.79 Å². The predicted molar refractivity (Wildman–Crippen MR) is 158 cm³/mol. The van der Waals surface area contributed by atoms with E-state index in [1.807, 2.05) is 0 Å². The molecule has 1 aliphatic rings. The summed E-state index contributed by atoms with van der Waals surface area (Å²) < 4.78 is 5.12. The van der Waals surface area contributed by atoms with Crippen molar-refractivity contribution in [3.05, 3.63) is 70.4 Å². The zero-order valence-electron chi connectivity index (χ0n) is 24.6. The summed E-state index contributed by atoms with van der Waals surface area (Å²) in [5.41, 5.74) is 8.47. The molecule has 1 aliphatic carbocycles. The fourth-order valence-electron chi connectivity index (χ4n) is 4.89. The average Bonchev–Trinajstić information content (AvgIpc) is 2.81. The minimum Gasteiger partial charge on any atom is -0.469 e. The van der Waals surface area contributed by atoms with Crippen molar-refractivity contribution >= 4 is 5.97 Å². The van der Waals surface area contributed by atoms with E-state index in [9.17, 15) is 4.79 Å². The summed E-state index contributed by atoms with van der Waals surface area (Å²) in [4.78, 5) is 12.4. The van der Waals surface area contributed by atoms with Gasteiger partial charge in [0.1, 0.15) is 0 Å². The van der Waals surface area contributed by atoms with Crippen LogP contribution in [-0.4, -0.2) is 13.1 Å². The fraction of sp³-hybridized carbons (Fsp3) is 0.618. The van der Waals surface area contributed by atoms with Gasteiger partial charge in [-0.1, -0.05) is 70.4 Å². The van der Waals surface area contributed by atoms with Gasteiger partial charge in [-0.2, -0.15) is 0 Å². The lowest BCUT2D eigenvalue weighted by Gasteiger charge is -2.27. The zero-order chi connectivity index (χ0) is 26.9. The molecule has 0 aromatic rings. The Morgan fingerprint density at radius 2 is 1.42 bits per heavy atom. The van der Waals surface area contributed by atoms with Crippen LogP contribution in [0.1, 0.15) is 119 Å². The minimum absolute atomic E-state index is 0.00222. The molecule has 2 atom stereocenters. The molecule has 0 fully saturated rings. The summed E-state index contributed by atoms with van der Waals surface area (Å²) in [7, 11) is 1.52. The number of ether oxygens (including phenoxy) is 1. The number of methoxy groups -OCH3 is 1. The fourth-order valence-corrected chi connectivity index (χ4v) is 4.89. The average molecular weight is 495 g/mol. The summed E-state index contributed by atoms with van der Waals surface area (Å²) in [6.45, 7) is 17.5. The van der Waals surface area contributed by atoms with E-state index in [0.29, 0.717) is 5.92 Å². The molecular formula is C34H54O2. The highest BCUT2D eigenvalue weighted by Gasteiger charge is 2.28. The first-order valence-corrected chi connectivity index (χ1v) is 14.1. The largest absolute Gasteiger partial charge is 0.469 e. The summed E-state index contributed by atoms with van der Waals surface area (Å²) in [6.07, 6.45) is 24.5. The summed E-state index contributed by atoms with van der Waals surface area (Å²) >= 11 is 0. The van der Waals surface area contributed by atoms with E-state index in [4.69, 9.17) is 4.74 Å². The van der Waals surface area contributed by atoms with Crippen molar-refractivity contribution in [1.29, 1.82) is 0 Å². The third-order valence-corrected chi connectivity index (χ3v) is 7.10. The summed E-state index contributed by atoms with van der Waals surface area (Å²) in [5.74, 6) is 0.396. The highest BCUT2D eigenvalue weighted by molar-refractivity contribution is 5.73. The minimum atomic E-state index is -0.0494. The number of hydrogen-bond donors (Lipinski definition) is 0. The molecule has 0 saturated heterocycles. The van der Waals surface area contributed by atoms with Gasteiger partial charge < -0.3 is 4.74 Å². The van der Waals surface area contributed by atoms with Crippen LogP contribution in [0, 0.1) is 11.8 Å². The molecule has 36 heavy (non-hydrogen) atoms. The van der Waals surface area contributed by atoms with Gasteiger partial charge in [0.25, 0.3) is 0 Å². The molecule has 0 saturated carbocycles. The van der Waals surface area contributed by atoms with E-state index in [1.54, 1.807) is 0 Å². The Bertz CT molecular complexity index is 838. The third-order valence-electron chi connectivity index (χ3n) is 7.10. The molecule has 0 radical (unpaired) electrons. The van der Waals surface area contributed by atoms with Crippen molar-refractivity contribution in [3.8, 4) is 0 Å². The van der Waals surface area contributed by atoms with E-state index in [0.717, 1.165) is 77.0 Å². The van der Waals surface area contributed by atoms with Crippen molar-refractivity contribution in [2.45, 2.75) is 119 Å². The monoisotopic (exact) mass is 494 g/mol. The maximum Gasteiger partial charge on any atom is 0.308 e. The SMILES string of the molecule is C=C(CC/C=C(\C)CCC=C(C)C)CC[C@H]1C=C(CC/C=C(\C)CCC=C(C)C)C[C@H](C(=O)OC)C1. The second-order valence-corrected chi connectivity index (χ2v) is 11.4. The van der Waals surface area contributed by atoms with Crippen molar-refractivity contribution in [3.63, 3.8) is 0 Å². The smallest absolute Gasteiger partial charge is 0.308 e. The highest BCUT2D eigenvalue weighted by atomic mass is 16.5. The number of hydrogen-bond acceptors (Lipinski definition) is 2. The molecule has 202 valence electrons. The molecule has 0 aromatic carbocycles. The summed E-state index contributed by atoms with van der Waals surface area (Å²) in [6, 6.07) is 0. The lowest BCUT2D eigenvalue weighted by atomic mass is 9.78. The maximum absolute atomic E-state index is 12.4. The van der Waals surface area contributed by atoms with Gasteiger partial charge in [-0.25, -0.2) is 0 Å². The van der Waals surface area contributed by atoms with Crippen LogP contribution in [0.25, 0.3) is 0 Å². The Hall–Kier alpha value is -2.09. The Labute approximate surface area is 223 Å². The van der Waals surface area contributed by atoms with Gasteiger partial charge in [0.2, 0.25) is 0 Å². The number of esters is 1. The molecule has 0 unspecified atom stereocenters. The number of rotatable bonds is 16. The first-order chi connectivity index (χ1) is 17.1. The van der Waals surface area contributed by atoms with Gasteiger partial charge in [0.05, 0.1) is 13.0 Å². The second-order valence-electron chi connectivity index (χ2n) is 11.4. The molecule has 1 rings (SSSR count). The molecule has 0 amide bonds. The topological polar surface area (TPSA) is 26.3 Å². The lowest BCUT2D eigenvalue weighted by Crippen LogP contribution is -2.23. The highest BCUT2D eigenvalue weighted by Crippen LogP contribution is 2.34. The van der Waals surface area contributed by atoms with E-state index in [1.165, 1.54) is 40.5 Å². The molecule has 0 spiro atoms. The van der Waals surface area contributed by atoms with Gasteiger partial charge in [-0.05, 0) is 125 Å². The quantitative estimate of drug-likeness (QED) is 0.157. The van der Waals surface area contributed by atoms with Crippen molar-refractivity contribution in [2.75, 3.05) is 7.11 Å². The normalized spacial score (nSPS) is 18.4. The lowest BCUT2D eigenvalue weighted by molar-refractivity contribution is -0.146. The van der Waals surface area contributed by atoms with Crippen molar-refractivity contribution in [1.82, 2.24) is 0 Å². The van der Waals surface area contributed by atoms with E-state index in [2.05, 4.69) is 78.5 Å². The first kappa shape index (κ1) is 31.9. The van der Waals surface area contributed by atoms with Gasteiger partial charge in [0.15, 0.2) is 0 Å². The Morgan fingerprint density at radius 1 is 0.861 bits per heavy atom. The van der Waals surface area contributed by atoms with E-state index in [-0.39, 0.29) is 11.9 Å². The molecule has 0 aromatic heterocycles. The van der Waals surface area contributed by atoms with Crippen LogP contribution < -0.4 is 0 Å². The number of carbonyl (C=O) groups excluding carboxylic acids is 1. The van der Waals surface area contributed by atoms with Crippen LogP contribution in [0.3, 0.4) is 0 Å². The van der Waals surface area contributed by atoms with Crippen LogP contribution in [0.5, 0.6) is 0 Å². The number of allylic oxidation sites excluding steroid dienone is 11. The third kappa shape index (κ3) is 15.1. The molecule has 2 heteroatoms. The standard InChI is InChI=1S/C34H54O2/c1-26(2)13-9-15-28(5)17-11-18-30(7)21-22-32-23-31(24-33(25-32)34(35)36-8)20-12-19-29(6)16-10-14-27(3)4/h13-14,17,19,23,32-33H,7,9-12,15-16,18,20-22,24-25H2,1-6,8H3/b28-17+,29-19+/t32-,33-/m0/s1. The predicted octanol–water partition coefficient (Wildman–Crippen LogP) is 10.4. The Kier molecular flexibility index (Phi) is 16.1. The molecule has 0 aliphatic heterocycles. The van der Waals surface area contributed by atoms with E-state index >= 15 is 0 Å². The molecule has 2 nitrogen and oxygen atoms in total. The molecule has 0 N–H and O–H groups in total. The van der Waals surface area contributed by atoms with Gasteiger partial charge >= 0.3 is 5.97 Å².